The summed E-state index contributed by atoms with van der Waals surface area (Å²) < 4.78 is 19.9. The molecular weight excluding hydrogens is 431 g/mol. The fourth-order valence-electron chi connectivity index (χ4n) is 3.88. The van der Waals surface area contributed by atoms with Gasteiger partial charge in [-0.05, 0) is 61.7 Å². The highest BCUT2D eigenvalue weighted by Crippen LogP contribution is 2.28. The van der Waals surface area contributed by atoms with E-state index in [0.29, 0.717) is 29.9 Å². The minimum Gasteiger partial charge on any atom is -0.464 e. The fourth-order valence-corrected chi connectivity index (χ4v) is 3.88. The predicted octanol–water partition coefficient (Wildman–Crippen LogP) is 5.34. The smallest absolute Gasteiger partial charge is 0.219 e. The van der Waals surface area contributed by atoms with Crippen LogP contribution < -0.4 is 11.1 Å². The lowest BCUT2D eigenvalue weighted by molar-refractivity contribution is 0.613. The number of aryl methyl sites for hydroxylation is 2. The number of halogens is 1. The van der Waals surface area contributed by atoms with Gasteiger partial charge >= 0.3 is 0 Å². The van der Waals surface area contributed by atoms with Gasteiger partial charge in [0.05, 0.1) is 12.0 Å². The van der Waals surface area contributed by atoms with E-state index in [1.165, 1.54) is 18.5 Å². The Morgan fingerprint density at radius 3 is 2.62 bits per heavy atom. The number of hydrogen-bond acceptors (Lipinski definition) is 7. The van der Waals surface area contributed by atoms with E-state index in [-0.39, 0.29) is 11.8 Å². The number of hydrogen-bond donors (Lipinski definition) is 2. The average Bonchev–Trinajstić information content (AvgIpc) is 3.20. The highest BCUT2D eigenvalue weighted by Gasteiger charge is 2.10. The van der Waals surface area contributed by atoms with Gasteiger partial charge in [-0.15, -0.1) is 0 Å². The van der Waals surface area contributed by atoms with E-state index in [4.69, 9.17) is 10.2 Å². The van der Waals surface area contributed by atoms with Crippen LogP contribution in [0.1, 0.15) is 17.0 Å². The molecule has 3 aromatic heterocycles. The third-order valence-corrected chi connectivity index (χ3v) is 5.63. The van der Waals surface area contributed by atoms with Crippen molar-refractivity contribution < 1.29 is 8.81 Å². The Balaban J connectivity index is 1.32. The summed E-state index contributed by atoms with van der Waals surface area (Å²) in [5.74, 6) is 1.24. The normalized spacial score (nSPS) is 11.1. The van der Waals surface area contributed by atoms with E-state index in [0.717, 1.165) is 39.2 Å². The standard InChI is InChI=1S/C26H23FN6O/c1-15-14-34-24-6-4-18(10-20(15)24)23-11-25(33-16(2)32-23)29-8-7-17-3-5-22(27)21(9-17)19-12-30-26(28)31-13-19/h3-6,9-14H,7-8H2,1-2H3,(H2,28,30,31)(H,29,32,33). The first kappa shape index (κ1) is 21.5. The summed E-state index contributed by atoms with van der Waals surface area (Å²) in [5, 5.41) is 4.44. The highest BCUT2D eigenvalue weighted by molar-refractivity contribution is 5.85. The van der Waals surface area contributed by atoms with Gasteiger partial charge < -0.3 is 15.5 Å². The Kier molecular flexibility index (Phi) is 5.63. The monoisotopic (exact) mass is 454 g/mol. The summed E-state index contributed by atoms with van der Waals surface area (Å²) in [5.41, 5.74) is 11.3. The Morgan fingerprint density at radius 2 is 1.79 bits per heavy atom. The van der Waals surface area contributed by atoms with Crippen molar-refractivity contribution in [3.8, 4) is 22.4 Å². The van der Waals surface area contributed by atoms with E-state index in [9.17, 15) is 4.39 Å². The molecule has 3 N–H and O–H groups in total. The van der Waals surface area contributed by atoms with Crippen LogP contribution in [0, 0.1) is 19.7 Å². The van der Waals surface area contributed by atoms with Crippen molar-refractivity contribution in [3.63, 3.8) is 0 Å². The molecule has 0 saturated heterocycles. The predicted molar refractivity (Wildman–Crippen MR) is 131 cm³/mol. The molecule has 0 aliphatic heterocycles. The fraction of sp³-hybridized carbons (Fsp3) is 0.154. The lowest BCUT2D eigenvalue weighted by Gasteiger charge is -2.10. The minimum atomic E-state index is -0.328. The zero-order valence-electron chi connectivity index (χ0n) is 18.8. The zero-order valence-corrected chi connectivity index (χ0v) is 18.8. The lowest BCUT2D eigenvalue weighted by Crippen LogP contribution is -2.08. The molecule has 0 aliphatic carbocycles. The van der Waals surface area contributed by atoms with Crippen molar-refractivity contribution in [1.82, 2.24) is 19.9 Å². The number of benzene rings is 2. The Labute approximate surface area is 195 Å². The number of furan rings is 1. The molecule has 8 heteroatoms. The van der Waals surface area contributed by atoms with Crippen molar-refractivity contribution >= 4 is 22.7 Å². The molecule has 0 spiro atoms. The molecular formula is C26H23FN6O. The van der Waals surface area contributed by atoms with Crippen molar-refractivity contribution in [2.75, 3.05) is 17.6 Å². The first-order chi connectivity index (χ1) is 16.5. The van der Waals surface area contributed by atoms with Crippen LogP contribution in [0.5, 0.6) is 0 Å². The number of nitrogens with zero attached hydrogens (tertiary/aromatic N) is 4. The van der Waals surface area contributed by atoms with Gasteiger partial charge in [-0.1, -0.05) is 6.07 Å². The SMILES string of the molecule is Cc1nc(NCCc2ccc(F)c(-c3cnc(N)nc3)c2)cc(-c2ccc3occ(C)c3c2)n1. The number of aromatic nitrogens is 4. The number of nitrogens with two attached hydrogens (primary N) is 1. The summed E-state index contributed by atoms with van der Waals surface area (Å²) in [4.78, 5) is 17.0. The van der Waals surface area contributed by atoms with Gasteiger partial charge in [0.2, 0.25) is 5.95 Å². The first-order valence-electron chi connectivity index (χ1n) is 10.9. The number of nitrogen functional groups attached to an aromatic ring is 1. The van der Waals surface area contributed by atoms with Crippen LogP contribution in [0.25, 0.3) is 33.4 Å². The molecule has 0 saturated carbocycles. The van der Waals surface area contributed by atoms with Crippen LogP contribution in [0.3, 0.4) is 0 Å². The second kappa shape index (κ2) is 8.90. The molecule has 0 amide bonds. The second-order valence-electron chi connectivity index (χ2n) is 8.14. The molecule has 7 nitrogen and oxygen atoms in total. The van der Waals surface area contributed by atoms with Crippen LogP contribution in [0.15, 0.2) is 65.5 Å². The molecule has 5 aromatic rings. The van der Waals surface area contributed by atoms with E-state index in [1.807, 2.05) is 38.1 Å². The molecule has 0 bridgehead atoms. The van der Waals surface area contributed by atoms with Crippen LogP contribution in [-0.4, -0.2) is 26.5 Å². The molecule has 0 aliphatic rings. The van der Waals surface area contributed by atoms with Gasteiger partial charge in [-0.2, -0.15) is 0 Å². The Bertz CT molecular complexity index is 1480. The Morgan fingerprint density at radius 1 is 0.971 bits per heavy atom. The van der Waals surface area contributed by atoms with Crippen molar-refractivity contribution in [2.24, 2.45) is 0 Å². The van der Waals surface area contributed by atoms with Gasteiger partial charge in [0.25, 0.3) is 0 Å². The lowest BCUT2D eigenvalue weighted by atomic mass is 10.0. The molecule has 3 heterocycles. The van der Waals surface area contributed by atoms with E-state index >= 15 is 0 Å². The Hall–Kier alpha value is -4.33. The zero-order chi connectivity index (χ0) is 23.7. The highest BCUT2D eigenvalue weighted by atomic mass is 19.1. The van der Waals surface area contributed by atoms with Gasteiger partial charge in [0.15, 0.2) is 0 Å². The van der Waals surface area contributed by atoms with Crippen LogP contribution in [-0.2, 0) is 6.42 Å². The van der Waals surface area contributed by atoms with Crippen LogP contribution in [0.4, 0.5) is 16.2 Å². The number of anilines is 2. The minimum absolute atomic E-state index is 0.156. The van der Waals surface area contributed by atoms with Crippen LogP contribution in [0.2, 0.25) is 0 Å². The van der Waals surface area contributed by atoms with E-state index in [1.54, 1.807) is 12.3 Å². The molecule has 34 heavy (non-hydrogen) atoms. The summed E-state index contributed by atoms with van der Waals surface area (Å²) in [7, 11) is 0. The number of nitrogens with one attached hydrogen (secondary N) is 1. The second-order valence-corrected chi connectivity index (χ2v) is 8.14. The van der Waals surface area contributed by atoms with Crippen molar-refractivity contribution in [1.29, 1.82) is 0 Å². The van der Waals surface area contributed by atoms with Gasteiger partial charge in [-0.3, -0.25) is 0 Å². The van der Waals surface area contributed by atoms with E-state index in [2.05, 4.69) is 31.3 Å². The molecule has 170 valence electrons. The summed E-state index contributed by atoms with van der Waals surface area (Å²) >= 11 is 0. The van der Waals surface area contributed by atoms with Gasteiger partial charge in [-0.25, -0.2) is 24.3 Å². The number of fused-ring (bicyclic) bond motifs is 1. The molecule has 0 atom stereocenters. The average molecular weight is 455 g/mol. The molecule has 0 unspecified atom stereocenters. The topological polar surface area (TPSA) is 103 Å². The maximum Gasteiger partial charge on any atom is 0.219 e. The first-order valence-corrected chi connectivity index (χ1v) is 10.9. The molecule has 0 fully saturated rings. The summed E-state index contributed by atoms with van der Waals surface area (Å²) in [6.07, 6.45) is 5.49. The van der Waals surface area contributed by atoms with Crippen molar-refractivity contribution in [3.05, 3.63) is 83.9 Å². The summed E-state index contributed by atoms with van der Waals surface area (Å²) in [6, 6.07) is 13.0. The summed E-state index contributed by atoms with van der Waals surface area (Å²) in [6.45, 7) is 4.52. The maximum atomic E-state index is 14.4. The third kappa shape index (κ3) is 4.43. The van der Waals surface area contributed by atoms with Crippen LogP contribution >= 0.6 is 0 Å². The van der Waals surface area contributed by atoms with Crippen molar-refractivity contribution in [2.45, 2.75) is 20.3 Å². The van der Waals surface area contributed by atoms with Gasteiger partial charge in [0, 0.05) is 47.1 Å². The number of rotatable bonds is 6. The molecule has 5 rings (SSSR count). The quantitative estimate of drug-likeness (QED) is 0.357. The third-order valence-electron chi connectivity index (χ3n) is 5.63. The molecule has 0 radical (unpaired) electrons. The van der Waals surface area contributed by atoms with Gasteiger partial charge in [0.1, 0.15) is 23.0 Å². The molecule has 2 aromatic carbocycles. The maximum absolute atomic E-state index is 14.4. The van der Waals surface area contributed by atoms with E-state index < -0.39 is 0 Å². The largest absolute Gasteiger partial charge is 0.464 e.